The van der Waals surface area contributed by atoms with Gasteiger partial charge in [-0.2, -0.15) is 0 Å². The van der Waals surface area contributed by atoms with Crippen molar-refractivity contribution in [2.24, 2.45) is 0 Å². The Balaban J connectivity index is 2.11. The van der Waals surface area contributed by atoms with Crippen molar-refractivity contribution in [3.63, 3.8) is 0 Å². The summed E-state index contributed by atoms with van der Waals surface area (Å²) >= 11 is 1.62. The van der Waals surface area contributed by atoms with Gasteiger partial charge in [-0.15, -0.1) is 11.8 Å². The number of benzene rings is 2. The molecule has 0 heterocycles. The fourth-order valence-electron chi connectivity index (χ4n) is 2.11. The molecule has 0 aromatic heterocycles. The van der Waals surface area contributed by atoms with E-state index in [1.165, 1.54) is 22.8 Å². The van der Waals surface area contributed by atoms with E-state index < -0.39 is 4.92 Å². The molecule has 5 heteroatoms. The van der Waals surface area contributed by atoms with Crippen molar-refractivity contribution in [3.8, 4) is 0 Å². The molecule has 0 amide bonds. The van der Waals surface area contributed by atoms with Crippen molar-refractivity contribution in [1.29, 1.82) is 0 Å². The molecule has 0 atom stereocenters. The van der Waals surface area contributed by atoms with Crippen LogP contribution in [-0.2, 0) is 5.75 Å². The van der Waals surface area contributed by atoms with E-state index in [0.717, 1.165) is 10.6 Å². The van der Waals surface area contributed by atoms with Crippen LogP contribution in [0.3, 0.4) is 0 Å². The molecule has 0 radical (unpaired) electrons. The summed E-state index contributed by atoms with van der Waals surface area (Å²) in [4.78, 5) is 11.2. The van der Waals surface area contributed by atoms with Gasteiger partial charge in [-0.1, -0.05) is 29.3 Å². The number of hydrogen-bond acceptors (Lipinski definition) is 4. The van der Waals surface area contributed by atoms with Crippen LogP contribution in [0.1, 0.15) is 16.7 Å². The number of hydrogen-bond donors (Lipinski definition) is 1. The van der Waals surface area contributed by atoms with Gasteiger partial charge < -0.3 is 5.73 Å². The second-order valence-corrected chi connectivity index (χ2v) is 5.81. The third-order valence-corrected chi connectivity index (χ3v) is 3.95. The van der Waals surface area contributed by atoms with Crippen molar-refractivity contribution >= 4 is 23.1 Å². The second-order valence-electron chi connectivity index (χ2n) is 4.76. The predicted octanol–water partition coefficient (Wildman–Crippen LogP) is 4.09. The van der Waals surface area contributed by atoms with Gasteiger partial charge in [-0.25, -0.2) is 0 Å². The molecule has 0 aliphatic rings. The smallest absolute Gasteiger partial charge is 0.292 e. The van der Waals surface area contributed by atoms with Gasteiger partial charge in [0.05, 0.1) is 4.92 Å². The lowest BCUT2D eigenvalue weighted by atomic mass is 10.1. The van der Waals surface area contributed by atoms with Crippen LogP contribution in [0.4, 0.5) is 11.4 Å². The van der Waals surface area contributed by atoms with Crippen LogP contribution in [0.5, 0.6) is 0 Å². The number of nitrogens with zero attached hydrogens (tertiary/aromatic N) is 1. The molecule has 104 valence electrons. The lowest BCUT2D eigenvalue weighted by Crippen LogP contribution is -1.95. The molecule has 0 spiro atoms. The highest BCUT2D eigenvalue weighted by atomic mass is 32.2. The topological polar surface area (TPSA) is 69.2 Å². The van der Waals surface area contributed by atoms with E-state index in [1.54, 1.807) is 23.9 Å². The fraction of sp³-hybridized carbons (Fsp3) is 0.200. The predicted molar refractivity (Wildman–Crippen MR) is 83.0 cm³/mol. The molecule has 0 fully saturated rings. The largest absolute Gasteiger partial charge is 0.393 e. The summed E-state index contributed by atoms with van der Waals surface area (Å²) in [6.45, 7) is 4.15. The summed E-state index contributed by atoms with van der Waals surface area (Å²) in [5.74, 6) is 0.819. The van der Waals surface area contributed by atoms with Crippen LogP contribution < -0.4 is 5.73 Å². The van der Waals surface area contributed by atoms with E-state index in [-0.39, 0.29) is 11.4 Å². The van der Waals surface area contributed by atoms with Gasteiger partial charge in [0.2, 0.25) is 0 Å². The van der Waals surface area contributed by atoms with Crippen LogP contribution in [-0.4, -0.2) is 4.92 Å². The van der Waals surface area contributed by atoms with Crippen molar-refractivity contribution in [1.82, 2.24) is 0 Å². The molecule has 0 saturated heterocycles. The molecule has 2 aromatic rings. The third kappa shape index (κ3) is 3.51. The molecule has 2 aromatic carbocycles. The van der Waals surface area contributed by atoms with Crippen molar-refractivity contribution in [3.05, 3.63) is 63.2 Å². The van der Waals surface area contributed by atoms with Crippen molar-refractivity contribution < 1.29 is 4.92 Å². The minimum Gasteiger partial charge on any atom is -0.393 e. The van der Waals surface area contributed by atoms with E-state index in [4.69, 9.17) is 5.73 Å². The summed E-state index contributed by atoms with van der Waals surface area (Å²) < 4.78 is 0. The Morgan fingerprint density at radius 3 is 2.35 bits per heavy atom. The van der Waals surface area contributed by atoms with E-state index in [2.05, 4.69) is 32.0 Å². The minimum absolute atomic E-state index is 0.0410. The molecule has 0 aliphatic heterocycles. The molecule has 0 unspecified atom stereocenters. The van der Waals surface area contributed by atoms with Crippen LogP contribution in [0.25, 0.3) is 0 Å². The SMILES string of the molecule is Cc1cc(C)cc(CSc2ccc([N+](=O)[O-])c(N)c2)c1. The van der Waals surface area contributed by atoms with E-state index in [1.807, 2.05) is 0 Å². The maximum absolute atomic E-state index is 10.7. The van der Waals surface area contributed by atoms with Crippen molar-refractivity contribution in [2.75, 3.05) is 5.73 Å². The number of nitro benzene ring substituents is 1. The number of nitro groups is 1. The Kier molecular flexibility index (Phi) is 4.29. The molecule has 0 bridgehead atoms. The number of aryl methyl sites for hydroxylation is 2. The number of anilines is 1. The Morgan fingerprint density at radius 2 is 1.80 bits per heavy atom. The molecule has 4 nitrogen and oxygen atoms in total. The normalized spacial score (nSPS) is 10.5. The molecular formula is C15H16N2O2S. The zero-order chi connectivity index (χ0) is 14.7. The lowest BCUT2D eigenvalue weighted by Gasteiger charge is -2.06. The zero-order valence-electron chi connectivity index (χ0n) is 11.4. The number of rotatable bonds is 4. The van der Waals surface area contributed by atoms with Gasteiger partial charge in [0.25, 0.3) is 5.69 Å². The van der Waals surface area contributed by atoms with Gasteiger partial charge >= 0.3 is 0 Å². The Labute approximate surface area is 122 Å². The summed E-state index contributed by atoms with van der Waals surface area (Å²) in [5, 5.41) is 10.7. The Hall–Kier alpha value is -2.01. The first-order valence-corrected chi connectivity index (χ1v) is 7.18. The van der Waals surface area contributed by atoms with Gasteiger partial charge in [-0.05, 0) is 31.5 Å². The lowest BCUT2D eigenvalue weighted by molar-refractivity contribution is -0.383. The van der Waals surface area contributed by atoms with Gasteiger partial charge in [0.15, 0.2) is 0 Å². The van der Waals surface area contributed by atoms with Crippen LogP contribution >= 0.6 is 11.8 Å². The van der Waals surface area contributed by atoms with E-state index >= 15 is 0 Å². The molecule has 0 saturated carbocycles. The zero-order valence-corrected chi connectivity index (χ0v) is 12.2. The number of nitrogens with two attached hydrogens (primary N) is 1. The van der Waals surface area contributed by atoms with Gasteiger partial charge in [-0.3, -0.25) is 10.1 Å². The van der Waals surface area contributed by atoms with Gasteiger partial charge in [0, 0.05) is 16.7 Å². The molecule has 0 aliphatic carbocycles. The Morgan fingerprint density at radius 1 is 1.15 bits per heavy atom. The summed E-state index contributed by atoms with van der Waals surface area (Å²) in [6, 6.07) is 11.3. The van der Waals surface area contributed by atoms with Crippen LogP contribution in [0, 0.1) is 24.0 Å². The van der Waals surface area contributed by atoms with Crippen molar-refractivity contribution in [2.45, 2.75) is 24.5 Å². The van der Waals surface area contributed by atoms with Crippen LogP contribution in [0.2, 0.25) is 0 Å². The highest BCUT2D eigenvalue weighted by Gasteiger charge is 2.11. The third-order valence-electron chi connectivity index (χ3n) is 2.88. The maximum atomic E-state index is 10.7. The average Bonchev–Trinajstić information content (AvgIpc) is 2.35. The highest BCUT2D eigenvalue weighted by molar-refractivity contribution is 7.98. The summed E-state index contributed by atoms with van der Waals surface area (Å²) in [5.41, 5.74) is 9.57. The van der Waals surface area contributed by atoms with E-state index in [9.17, 15) is 10.1 Å². The molecular weight excluding hydrogens is 272 g/mol. The molecule has 2 rings (SSSR count). The molecule has 20 heavy (non-hydrogen) atoms. The number of thioether (sulfide) groups is 1. The Bertz CT molecular complexity index is 636. The van der Waals surface area contributed by atoms with Crippen LogP contribution in [0.15, 0.2) is 41.3 Å². The van der Waals surface area contributed by atoms with Gasteiger partial charge in [0.1, 0.15) is 5.69 Å². The van der Waals surface area contributed by atoms with E-state index in [0.29, 0.717) is 0 Å². The number of nitrogen functional groups attached to an aromatic ring is 1. The first-order valence-electron chi connectivity index (χ1n) is 6.19. The highest BCUT2D eigenvalue weighted by Crippen LogP contribution is 2.30. The standard InChI is InChI=1S/C15H16N2O2S/c1-10-5-11(2)7-12(6-10)9-20-13-3-4-15(17(18)19)14(16)8-13/h3-8H,9,16H2,1-2H3. The summed E-state index contributed by atoms with van der Waals surface area (Å²) in [7, 11) is 0. The monoisotopic (exact) mass is 288 g/mol. The maximum Gasteiger partial charge on any atom is 0.292 e. The second kappa shape index (κ2) is 5.96. The minimum atomic E-state index is -0.465. The average molecular weight is 288 g/mol. The first kappa shape index (κ1) is 14.4. The first-order chi connectivity index (χ1) is 9.45. The fourth-order valence-corrected chi connectivity index (χ4v) is 2.98. The molecule has 2 N–H and O–H groups in total. The summed E-state index contributed by atoms with van der Waals surface area (Å²) in [6.07, 6.45) is 0. The quantitative estimate of drug-likeness (QED) is 0.398.